The van der Waals surface area contributed by atoms with Gasteiger partial charge >= 0.3 is 0 Å². The maximum absolute atomic E-state index is 13.1. The van der Waals surface area contributed by atoms with Crippen molar-refractivity contribution in [1.29, 1.82) is 0 Å². The first-order valence-corrected chi connectivity index (χ1v) is 9.98. The molecule has 1 aromatic carbocycles. The summed E-state index contributed by atoms with van der Waals surface area (Å²) in [6.07, 6.45) is 0. The summed E-state index contributed by atoms with van der Waals surface area (Å²) in [7, 11) is -3.49. The number of halogens is 1. The Morgan fingerprint density at radius 1 is 1.16 bits per heavy atom. The van der Waals surface area contributed by atoms with Crippen LogP contribution in [-0.2, 0) is 14.8 Å². The minimum atomic E-state index is -3.49. The molecule has 0 aliphatic carbocycles. The number of hydrogen-bond acceptors (Lipinski definition) is 5. The Hall–Kier alpha value is -1.97. The minimum Gasteiger partial charge on any atom is -0.484 e. The van der Waals surface area contributed by atoms with Crippen LogP contribution in [0.2, 0.25) is 0 Å². The number of hydrogen-bond donors (Lipinski definition) is 0. The predicted molar refractivity (Wildman–Crippen MR) is 91.6 cm³/mol. The van der Waals surface area contributed by atoms with Crippen molar-refractivity contribution in [3.63, 3.8) is 0 Å². The Morgan fingerprint density at radius 2 is 1.92 bits per heavy atom. The Bertz CT molecular complexity index is 832. The Kier molecular flexibility index (Phi) is 5.36. The first kappa shape index (κ1) is 17.8. The summed E-state index contributed by atoms with van der Waals surface area (Å²) in [5, 5.41) is 1.72. The van der Waals surface area contributed by atoms with Gasteiger partial charge in [-0.3, -0.25) is 4.79 Å². The van der Waals surface area contributed by atoms with Crippen LogP contribution in [0.5, 0.6) is 5.75 Å². The van der Waals surface area contributed by atoms with E-state index in [1.165, 1.54) is 33.8 Å². The average molecular weight is 384 g/mol. The maximum Gasteiger partial charge on any atom is 0.260 e. The van der Waals surface area contributed by atoms with Gasteiger partial charge in [0.05, 0.1) is 0 Å². The molecule has 1 aliphatic heterocycles. The molecule has 6 nitrogen and oxygen atoms in total. The molecule has 0 spiro atoms. The van der Waals surface area contributed by atoms with Crippen molar-refractivity contribution in [2.24, 2.45) is 0 Å². The van der Waals surface area contributed by atoms with Gasteiger partial charge in [0.25, 0.3) is 15.9 Å². The highest BCUT2D eigenvalue weighted by molar-refractivity contribution is 7.91. The van der Waals surface area contributed by atoms with E-state index in [0.29, 0.717) is 17.3 Å². The molecule has 2 aromatic rings. The molecule has 1 amide bonds. The Morgan fingerprint density at radius 3 is 2.56 bits per heavy atom. The van der Waals surface area contributed by atoms with E-state index >= 15 is 0 Å². The summed E-state index contributed by atoms with van der Waals surface area (Å²) in [5.41, 5.74) is 0. The van der Waals surface area contributed by atoms with Crippen LogP contribution in [0.1, 0.15) is 0 Å². The first-order valence-electron chi connectivity index (χ1n) is 7.66. The smallest absolute Gasteiger partial charge is 0.260 e. The minimum absolute atomic E-state index is 0.207. The molecular weight excluding hydrogens is 367 g/mol. The molecule has 1 saturated heterocycles. The van der Waals surface area contributed by atoms with Gasteiger partial charge in [0.1, 0.15) is 15.8 Å². The van der Waals surface area contributed by atoms with Gasteiger partial charge in [-0.1, -0.05) is 12.1 Å². The van der Waals surface area contributed by atoms with Crippen molar-refractivity contribution < 1.29 is 22.3 Å². The third-order valence-corrected chi connectivity index (χ3v) is 7.11. The summed E-state index contributed by atoms with van der Waals surface area (Å²) in [6, 6.07) is 8.84. The molecule has 0 N–H and O–H groups in total. The predicted octanol–water partition coefficient (Wildman–Crippen LogP) is 1.80. The zero-order valence-electron chi connectivity index (χ0n) is 13.3. The van der Waals surface area contributed by atoms with Gasteiger partial charge in [0, 0.05) is 32.2 Å². The van der Waals surface area contributed by atoms with E-state index in [1.807, 2.05) is 0 Å². The lowest BCUT2D eigenvalue weighted by atomic mass is 10.3. The van der Waals surface area contributed by atoms with Crippen molar-refractivity contribution in [3.8, 4) is 5.75 Å². The van der Waals surface area contributed by atoms with Crippen molar-refractivity contribution >= 4 is 27.3 Å². The lowest BCUT2D eigenvalue weighted by molar-refractivity contribution is -0.134. The number of rotatable bonds is 5. The number of carbonyl (C=O) groups excluding carboxylic acids is 1. The van der Waals surface area contributed by atoms with Gasteiger partial charge < -0.3 is 9.64 Å². The van der Waals surface area contributed by atoms with Crippen LogP contribution in [0, 0.1) is 5.82 Å². The molecule has 3 rings (SSSR count). The number of ether oxygens (including phenoxy) is 1. The number of nitrogens with zero attached hydrogens (tertiary/aromatic N) is 2. The number of benzene rings is 1. The van der Waals surface area contributed by atoms with Crippen molar-refractivity contribution in [3.05, 3.63) is 47.6 Å². The molecule has 0 bridgehead atoms. The van der Waals surface area contributed by atoms with Crippen molar-refractivity contribution in [2.45, 2.75) is 4.21 Å². The summed E-state index contributed by atoms with van der Waals surface area (Å²) in [5.74, 6) is -0.401. The van der Waals surface area contributed by atoms with Gasteiger partial charge in [0.15, 0.2) is 6.61 Å². The second-order valence-corrected chi connectivity index (χ2v) is 8.58. The number of carbonyl (C=O) groups is 1. The molecule has 0 saturated carbocycles. The zero-order valence-corrected chi connectivity index (χ0v) is 14.9. The topological polar surface area (TPSA) is 66.9 Å². The second-order valence-electron chi connectivity index (χ2n) is 5.46. The molecular formula is C16H17FN2O4S2. The van der Waals surface area contributed by atoms with E-state index in [-0.39, 0.29) is 31.4 Å². The molecule has 0 atom stereocenters. The third-order valence-electron chi connectivity index (χ3n) is 3.84. The number of thiophene rings is 1. The highest BCUT2D eigenvalue weighted by Gasteiger charge is 2.30. The monoisotopic (exact) mass is 384 g/mol. The Balaban J connectivity index is 1.52. The van der Waals surface area contributed by atoms with Gasteiger partial charge in [-0.25, -0.2) is 12.8 Å². The molecule has 0 radical (unpaired) electrons. The normalized spacial score (nSPS) is 16.0. The van der Waals surface area contributed by atoms with E-state index < -0.39 is 15.8 Å². The van der Waals surface area contributed by atoms with Gasteiger partial charge in [0.2, 0.25) is 0 Å². The third kappa shape index (κ3) is 4.17. The summed E-state index contributed by atoms with van der Waals surface area (Å²) < 4.78 is 44.9. The molecule has 9 heteroatoms. The highest BCUT2D eigenvalue weighted by atomic mass is 32.2. The van der Waals surface area contributed by atoms with E-state index in [0.717, 1.165) is 0 Å². The standard InChI is InChI=1S/C16H17FN2O4S2/c17-13-3-1-4-14(11-13)23-12-15(20)18-6-8-19(9-7-18)25(21,22)16-5-2-10-24-16/h1-5,10-11H,6-9,12H2. The SMILES string of the molecule is O=C(COc1cccc(F)c1)N1CCN(S(=O)(=O)c2cccs2)CC1. The lowest BCUT2D eigenvalue weighted by Gasteiger charge is -2.33. The van der Waals surface area contributed by atoms with E-state index in [1.54, 1.807) is 28.5 Å². The summed E-state index contributed by atoms with van der Waals surface area (Å²) >= 11 is 1.18. The fourth-order valence-electron chi connectivity index (χ4n) is 2.51. The van der Waals surface area contributed by atoms with Crippen molar-refractivity contribution in [2.75, 3.05) is 32.8 Å². The van der Waals surface area contributed by atoms with Crippen LogP contribution in [0.15, 0.2) is 46.0 Å². The Labute approximate surface area is 149 Å². The van der Waals surface area contributed by atoms with Crippen LogP contribution < -0.4 is 4.74 Å². The van der Waals surface area contributed by atoms with Crippen LogP contribution >= 0.6 is 11.3 Å². The summed E-state index contributed by atoms with van der Waals surface area (Å²) in [4.78, 5) is 13.7. The lowest BCUT2D eigenvalue weighted by Crippen LogP contribution is -2.51. The second kappa shape index (κ2) is 7.51. The van der Waals surface area contributed by atoms with Crippen LogP contribution in [-0.4, -0.2) is 56.3 Å². The van der Waals surface area contributed by atoms with Gasteiger partial charge in [-0.15, -0.1) is 11.3 Å². The quantitative estimate of drug-likeness (QED) is 0.788. The fraction of sp³-hybridized carbons (Fsp3) is 0.312. The molecule has 134 valence electrons. The fourth-order valence-corrected chi connectivity index (χ4v) is 5.08. The van der Waals surface area contributed by atoms with E-state index in [2.05, 4.69) is 0 Å². The molecule has 1 aromatic heterocycles. The largest absolute Gasteiger partial charge is 0.484 e. The average Bonchev–Trinajstić information content (AvgIpc) is 3.15. The van der Waals surface area contributed by atoms with E-state index in [4.69, 9.17) is 4.74 Å². The first-order chi connectivity index (χ1) is 12.0. The van der Waals surface area contributed by atoms with E-state index in [9.17, 15) is 17.6 Å². The number of piperazine rings is 1. The number of sulfonamides is 1. The molecule has 1 aliphatic rings. The van der Waals surface area contributed by atoms with Crippen molar-refractivity contribution in [1.82, 2.24) is 9.21 Å². The van der Waals surface area contributed by atoms with Crippen LogP contribution in [0.25, 0.3) is 0 Å². The molecule has 25 heavy (non-hydrogen) atoms. The van der Waals surface area contributed by atoms with Crippen LogP contribution in [0.3, 0.4) is 0 Å². The zero-order chi connectivity index (χ0) is 17.9. The maximum atomic E-state index is 13.1. The highest BCUT2D eigenvalue weighted by Crippen LogP contribution is 2.22. The molecule has 0 unspecified atom stereocenters. The molecule has 2 heterocycles. The van der Waals surface area contributed by atoms with Crippen LogP contribution in [0.4, 0.5) is 4.39 Å². The van der Waals surface area contributed by atoms with Gasteiger partial charge in [-0.2, -0.15) is 4.31 Å². The summed E-state index contributed by atoms with van der Waals surface area (Å²) in [6.45, 7) is 0.880. The molecule has 1 fully saturated rings. The number of amides is 1. The van der Waals surface area contributed by atoms with Gasteiger partial charge in [-0.05, 0) is 23.6 Å².